The zero-order valence-corrected chi connectivity index (χ0v) is 19.1. The van der Waals surface area contributed by atoms with Gasteiger partial charge in [0.25, 0.3) is 5.91 Å². The van der Waals surface area contributed by atoms with E-state index in [4.69, 9.17) is 9.47 Å². The van der Waals surface area contributed by atoms with Gasteiger partial charge in [-0.2, -0.15) is 0 Å². The van der Waals surface area contributed by atoms with Gasteiger partial charge in [0.15, 0.2) is 0 Å². The fraction of sp³-hybridized carbons (Fsp3) is 0.259. The molecule has 2 amide bonds. The summed E-state index contributed by atoms with van der Waals surface area (Å²) < 4.78 is 11.9. The summed E-state index contributed by atoms with van der Waals surface area (Å²) in [4.78, 5) is 27.9. The van der Waals surface area contributed by atoms with Crippen molar-refractivity contribution in [2.75, 3.05) is 23.4 Å². The normalized spacial score (nSPS) is 14.6. The molecule has 3 aromatic carbocycles. The monoisotopic (exact) mass is 444 g/mol. The summed E-state index contributed by atoms with van der Waals surface area (Å²) in [6.07, 6.45) is 0.831. The van der Waals surface area contributed by atoms with E-state index in [2.05, 4.69) is 5.32 Å². The van der Waals surface area contributed by atoms with Gasteiger partial charge < -0.3 is 19.7 Å². The fourth-order valence-electron chi connectivity index (χ4n) is 3.73. The number of carbonyl (C=O) groups is 2. The maximum atomic E-state index is 13.1. The van der Waals surface area contributed by atoms with Crippen LogP contribution < -0.4 is 19.7 Å². The lowest BCUT2D eigenvalue weighted by atomic mass is 9.93. The molecule has 6 heteroatoms. The first kappa shape index (κ1) is 22.4. The molecule has 0 aromatic heterocycles. The highest BCUT2D eigenvalue weighted by atomic mass is 16.5. The lowest BCUT2D eigenvalue weighted by Crippen LogP contribution is -2.42. The summed E-state index contributed by atoms with van der Waals surface area (Å²) >= 11 is 0. The highest BCUT2D eigenvalue weighted by Gasteiger charge is 2.37. The minimum absolute atomic E-state index is 0.0341. The SMILES string of the molecule is CCCN1C(=O)C(C)(C)COc2cc(NC(=O)c3ccccc3Oc3ccccc3)ccc21. The minimum Gasteiger partial charge on any atom is -0.490 e. The molecule has 1 N–H and O–H groups in total. The van der Waals surface area contributed by atoms with Crippen LogP contribution in [0.5, 0.6) is 17.2 Å². The van der Waals surface area contributed by atoms with Crippen molar-refractivity contribution in [3.05, 3.63) is 78.4 Å². The first-order chi connectivity index (χ1) is 15.9. The molecule has 0 spiro atoms. The number of rotatable bonds is 6. The van der Waals surface area contributed by atoms with Crippen molar-refractivity contribution in [2.24, 2.45) is 5.41 Å². The van der Waals surface area contributed by atoms with Gasteiger partial charge in [0.2, 0.25) is 5.91 Å². The van der Waals surface area contributed by atoms with Crippen LogP contribution in [0.3, 0.4) is 0 Å². The Hall–Kier alpha value is -3.80. The molecule has 4 rings (SSSR count). The Labute approximate surface area is 194 Å². The predicted octanol–water partition coefficient (Wildman–Crippen LogP) is 5.89. The molecule has 1 aliphatic heterocycles. The second-order valence-corrected chi connectivity index (χ2v) is 8.68. The Morgan fingerprint density at radius 3 is 2.55 bits per heavy atom. The van der Waals surface area contributed by atoms with Crippen LogP contribution in [0, 0.1) is 5.41 Å². The number of ether oxygens (including phenoxy) is 2. The first-order valence-electron chi connectivity index (χ1n) is 11.1. The van der Waals surface area contributed by atoms with Gasteiger partial charge in [0, 0.05) is 18.3 Å². The van der Waals surface area contributed by atoms with Gasteiger partial charge >= 0.3 is 0 Å². The zero-order valence-electron chi connectivity index (χ0n) is 19.1. The van der Waals surface area contributed by atoms with E-state index in [9.17, 15) is 9.59 Å². The summed E-state index contributed by atoms with van der Waals surface area (Å²) in [7, 11) is 0. The van der Waals surface area contributed by atoms with E-state index in [0.717, 1.165) is 12.1 Å². The van der Waals surface area contributed by atoms with E-state index in [1.807, 2.05) is 63.2 Å². The van der Waals surface area contributed by atoms with E-state index in [0.29, 0.717) is 35.0 Å². The molecule has 0 unspecified atom stereocenters. The van der Waals surface area contributed by atoms with Crippen LogP contribution in [0.1, 0.15) is 37.6 Å². The summed E-state index contributed by atoms with van der Waals surface area (Å²) in [5, 5.41) is 2.93. The molecule has 33 heavy (non-hydrogen) atoms. The minimum atomic E-state index is -0.634. The molecule has 0 saturated heterocycles. The van der Waals surface area contributed by atoms with Crippen molar-refractivity contribution < 1.29 is 19.1 Å². The molecule has 0 aliphatic carbocycles. The van der Waals surface area contributed by atoms with E-state index < -0.39 is 5.41 Å². The quantitative estimate of drug-likeness (QED) is 0.515. The number of anilines is 2. The van der Waals surface area contributed by atoms with Crippen LogP contribution >= 0.6 is 0 Å². The van der Waals surface area contributed by atoms with E-state index in [-0.39, 0.29) is 18.4 Å². The van der Waals surface area contributed by atoms with Gasteiger partial charge in [-0.05, 0) is 56.7 Å². The summed E-state index contributed by atoms with van der Waals surface area (Å²) in [5.41, 5.74) is 1.09. The second kappa shape index (κ2) is 9.36. The molecular formula is C27H28N2O4. The van der Waals surface area contributed by atoms with Gasteiger partial charge in [-0.3, -0.25) is 9.59 Å². The Balaban J connectivity index is 1.59. The van der Waals surface area contributed by atoms with Crippen molar-refractivity contribution in [1.82, 2.24) is 0 Å². The van der Waals surface area contributed by atoms with Gasteiger partial charge in [-0.1, -0.05) is 37.3 Å². The van der Waals surface area contributed by atoms with Crippen LogP contribution in [0.25, 0.3) is 0 Å². The first-order valence-corrected chi connectivity index (χ1v) is 11.1. The average molecular weight is 445 g/mol. The highest BCUT2D eigenvalue weighted by Crippen LogP contribution is 2.38. The number of nitrogens with one attached hydrogen (secondary N) is 1. The predicted molar refractivity (Wildman–Crippen MR) is 129 cm³/mol. The van der Waals surface area contributed by atoms with E-state index in [1.54, 1.807) is 35.2 Å². The van der Waals surface area contributed by atoms with Crippen LogP contribution in [-0.4, -0.2) is 25.0 Å². The lowest BCUT2D eigenvalue weighted by molar-refractivity contribution is -0.127. The van der Waals surface area contributed by atoms with Gasteiger partial charge in [-0.15, -0.1) is 0 Å². The number of hydrogen-bond donors (Lipinski definition) is 1. The third-order valence-corrected chi connectivity index (χ3v) is 5.47. The Bertz CT molecular complexity index is 1160. The molecule has 0 bridgehead atoms. The van der Waals surface area contributed by atoms with E-state index >= 15 is 0 Å². The number of amides is 2. The van der Waals surface area contributed by atoms with Crippen molar-refractivity contribution in [2.45, 2.75) is 27.2 Å². The van der Waals surface area contributed by atoms with Crippen molar-refractivity contribution >= 4 is 23.2 Å². The largest absolute Gasteiger partial charge is 0.490 e. The average Bonchev–Trinajstić information content (AvgIpc) is 2.90. The molecule has 6 nitrogen and oxygen atoms in total. The maximum Gasteiger partial charge on any atom is 0.259 e. The van der Waals surface area contributed by atoms with Gasteiger partial charge in [0.05, 0.1) is 16.7 Å². The Morgan fingerprint density at radius 1 is 1.06 bits per heavy atom. The molecule has 0 atom stereocenters. The summed E-state index contributed by atoms with van der Waals surface area (Å²) in [6, 6.07) is 21.8. The maximum absolute atomic E-state index is 13.1. The zero-order chi connectivity index (χ0) is 23.4. The molecule has 0 radical (unpaired) electrons. The molecule has 0 saturated carbocycles. The topological polar surface area (TPSA) is 67.9 Å². The standard InChI is InChI=1S/C27H28N2O4/c1-4-16-29-22-15-14-19(17-24(22)32-18-27(2,3)26(29)31)28-25(30)21-12-8-9-13-23(21)33-20-10-6-5-7-11-20/h5-15,17H,4,16,18H2,1-3H3,(H,28,30). The Morgan fingerprint density at radius 2 is 1.79 bits per heavy atom. The lowest BCUT2D eigenvalue weighted by Gasteiger charge is -2.27. The third-order valence-electron chi connectivity index (χ3n) is 5.47. The number of benzene rings is 3. The number of hydrogen-bond acceptors (Lipinski definition) is 4. The molecular weight excluding hydrogens is 416 g/mol. The van der Waals surface area contributed by atoms with Crippen molar-refractivity contribution in [3.8, 4) is 17.2 Å². The third kappa shape index (κ3) is 4.85. The number of carbonyl (C=O) groups excluding carboxylic acids is 2. The summed E-state index contributed by atoms with van der Waals surface area (Å²) in [5.74, 6) is 1.44. The number of fused-ring (bicyclic) bond motifs is 1. The molecule has 1 heterocycles. The van der Waals surface area contributed by atoms with E-state index in [1.165, 1.54) is 0 Å². The molecule has 0 fully saturated rings. The smallest absolute Gasteiger partial charge is 0.259 e. The number of para-hydroxylation sites is 2. The van der Waals surface area contributed by atoms with Crippen molar-refractivity contribution in [1.29, 1.82) is 0 Å². The van der Waals surface area contributed by atoms with Gasteiger partial charge in [0.1, 0.15) is 23.9 Å². The highest BCUT2D eigenvalue weighted by molar-refractivity contribution is 6.07. The fourth-order valence-corrected chi connectivity index (χ4v) is 3.73. The summed E-state index contributed by atoms with van der Waals surface area (Å²) in [6.45, 7) is 6.68. The van der Waals surface area contributed by atoms with Crippen LogP contribution in [-0.2, 0) is 4.79 Å². The molecule has 170 valence electrons. The second-order valence-electron chi connectivity index (χ2n) is 8.68. The van der Waals surface area contributed by atoms with Crippen molar-refractivity contribution in [3.63, 3.8) is 0 Å². The van der Waals surface area contributed by atoms with Crippen LogP contribution in [0.2, 0.25) is 0 Å². The molecule has 3 aromatic rings. The van der Waals surface area contributed by atoms with Gasteiger partial charge in [-0.25, -0.2) is 0 Å². The Kier molecular flexibility index (Phi) is 6.36. The van der Waals surface area contributed by atoms with Crippen LogP contribution in [0.15, 0.2) is 72.8 Å². The number of nitrogens with zero attached hydrogens (tertiary/aromatic N) is 1. The molecule has 1 aliphatic rings. The van der Waals surface area contributed by atoms with Crippen LogP contribution in [0.4, 0.5) is 11.4 Å².